The lowest BCUT2D eigenvalue weighted by Crippen LogP contribution is -2.43. The first kappa shape index (κ1) is 19.8. The minimum absolute atomic E-state index is 0.0553. The summed E-state index contributed by atoms with van der Waals surface area (Å²) in [6.07, 6.45) is -2.83. The molecule has 8 heteroatoms. The number of halogens is 4. The number of benzene rings is 1. The van der Waals surface area contributed by atoms with Crippen molar-refractivity contribution in [3.8, 4) is 0 Å². The van der Waals surface area contributed by atoms with Gasteiger partial charge in [-0.15, -0.1) is 0 Å². The summed E-state index contributed by atoms with van der Waals surface area (Å²) < 4.78 is 37.1. The molecule has 2 atom stereocenters. The van der Waals surface area contributed by atoms with Gasteiger partial charge in [0.2, 0.25) is 0 Å². The predicted octanol–water partition coefficient (Wildman–Crippen LogP) is 3.45. The van der Waals surface area contributed by atoms with Gasteiger partial charge < -0.3 is 10.6 Å². The fraction of sp³-hybridized carbons (Fsp3) is 0.588. The molecule has 0 aliphatic carbocycles. The number of hydrogen-bond acceptors (Lipinski definition) is 2. The summed E-state index contributed by atoms with van der Waals surface area (Å²) in [4.78, 5) is 13.3. The Morgan fingerprint density at radius 1 is 1.36 bits per heavy atom. The number of amides is 2. The number of rotatable bonds is 6. The molecule has 140 valence electrons. The van der Waals surface area contributed by atoms with Crippen LogP contribution in [0.3, 0.4) is 0 Å². The van der Waals surface area contributed by atoms with E-state index in [9.17, 15) is 18.0 Å². The molecule has 1 fully saturated rings. The number of likely N-dealkylation sites (tertiary alicyclic amines) is 1. The number of alkyl halides is 3. The molecular formula is C17H23ClF3N3O. The molecule has 1 heterocycles. The minimum atomic E-state index is -4.17. The maximum Gasteiger partial charge on any atom is 0.401 e. The van der Waals surface area contributed by atoms with Crippen molar-refractivity contribution < 1.29 is 18.0 Å². The van der Waals surface area contributed by atoms with E-state index < -0.39 is 12.7 Å². The molecule has 0 radical (unpaired) electrons. The molecule has 0 spiro atoms. The van der Waals surface area contributed by atoms with Crippen LogP contribution in [0.2, 0.25) is 5.02 Å². The van der Waals surface area contributed by atoms with Crippen molar-refractivity contribution in [3.05, 3.63) is 34.9 Å². The molecule has 2 N–H and O–H groups in total. The zero-order chi connectivity index (χ0) is 18.4. The van der Waals surface area contributed by atoms with Crippen molar-refractivity contribution in [1.29, 1.82) is 0 Å². The Bertz CT molecular complexity index is 565. The van der Waals surface area contributed by atoms with Gasteiger partial charge in [-0.25, -0.2) is 4.79 Å². The van der Waals surface area contributed by atoms with E-state index in [-0.39, 0.29) is 18.0 Å². The number of carbonyl (C=O) groups excluding carboxylic acids is 1. The lowest BCUT2D eigenvalue weighted by molar-refractivity contribution is -0.143. The maximum atomic E-state index is 12.4. The summed E-state index contributed by atoms with van der Waals surface area (Å²) in [5, 5.41) is 6.26. The smallest absolute Gasteiger partial charge is 0.338 e. The summed E-state index contributed by atoms with van der Waals surface area (Å²) in [5.74, 6) is 0.0553. The zero-order valence-electron chi connectivity index (χ0n) is 14.1. The molecule has 25 heavy (non-hydrogen) atoms. The normalized spacial score (nSPS) is 19.6. The fourth-order valence-electron chi connectivity index (χ4n) is 3.01. The van der Waals surface area contributed by atoms with Gasteiger partial charge >= 0.3 is 12.2 Å². The van der Waals surface area contributed by atoms with Crippen LogP contribution in [0.1, 0.15) is 18.9 Å². The summed E-state index contributed by atoms with van der Waals surface area (Å²) >= 11 is 5.84. The molecule has 1 aromatic carbocycles. The maximum absolute atomic E-state index is 12.4. The van der Waals surface area contributed by atoms with Gasteiger partial charge in [0.1, 0.15) is 0 Å². The van der Waals surface area contributed by atoms with Crippen LogP contribution in [-0.2, 0) is 6.42 Å². The highest BCUT2D eigenvalue weighted by molar-refractivity contribution is 6.30. The lowest BCUT2D eigenvalue weighted by Gasteiger charge is -2.19. The third kappa shape index (κ3) is 7.52. The van der Waals surface area contributed by atoms with Gasteiger partial charge in [0.05, 0.1) is 6.54 Å². The van der Waals surface area contributed by atoms with Crippen LogP contribution < -0.4 is 10.6 Å². The van der Waals surface area contributed by atoms with Gasteiger partial charge in [0.25, 0.3) is 0 Å². The molecule has 2 amide bonds. The molecule has 0 saturated carbocycles. The third-order valence-electron chi connectivity index (χ3n) is 4.16. The van der Waals surface area contributed by atoms with E-state index in [1.165, 1.54) is 4.90 Å². The van der Waals surface area contributed by atoms with Gasteiger partial charge in [-0.05, 0) is 49.9 Å². The molecular weight excluding hydrogens is 355 g/mol. The Morgan fingerprint density at radius 2 is 2.04 bits per heavy atom. The highest BCUT2D eigenvalue weighted by Gasteiger charge is 2.34. The Morgan fingerprint density at radius 3 is 2.68 bits per heavy atom. The topological polar surface area (TPSA) is 44.4 Å². The van der Waals surface area contributed by atoms with Crippen LogP contribution in [0, 0.1) is 5.92 Å². The van der Waals surface area contributed by atoms with Crippen LogP contribution in [0.4, 0.5) is 18.0 Å². The number of urea groups is 1. The molecule has 1 saturated heterocycles. The zero-order valence-corrected chi connectivity index (χ0v) is 14.8. The summed E-state index contributed by atoms with van der Waals surface area (Å²) in [6, 6.07) is 7.06. The number of nitrogens with zero attached hydrogens (tertiary/aromatic N) is 1. The van der Waals surface area contributed by atoms with Crippen LogP contribution >= 0.6 is 11.6 Å². The van der Waals surface area contributed by atoms with Crippen LogP contribution in [0.15, 0.2) is 24.3 Å². The van der Waals surface area contributed by atoms with E-state index in [2.05, 4.69) is 10.6 Å². The first-order valence-corrected chi connectivity index (χ1v) is 8.67. The van der Waals surface area contributed by atoms with Crippen LogP contribution in [-0.4, -0.2) is 49.3 Å². The Labute approximate surface area is 150 Å². The first-order chi connectivity index (χ1) is 11.7. The average Bonchev–Trinajstić information content (AvgIpc) is 2.93. The monoisotopic (exact) mass is 377 g/mol. The first-order valence-electron chi connectivity index (χ1n) is 8.29. The van der Waals surface area contributed by atoms with Crippen molar-refractivity contribution in [3.63, 3.8) is 0 Å². The van der Waals surface area contributed by atoms with Gasteiger partial charge in [-0.1, -0.05) is 23.7 Å². The van der Waals surface area contributed by atoms with Crippen LogP contribution in [0.5, 0.6) is 0 Å². The van der Waals surface area contributed by atoms with E-state index >= 15 is 0 Å². The van der Waals surface area contributed by atoms with Crippen molar-refractivity contribution in [1.82, 2.24) is 15.5 Å². The van der Waals surface area contributed by atoms with Crippen molar-refractivity contribution in [2.75, 3.05) is 26.2 Å². The molecule has 1 aliphatic rings. The summed E-state index contributed by atoms with van der Waals surface area (Å²) in [7, 11) is 0. The average molecular weight is 378 g/mol. The van der Waals surface area contributed by atoms with Crippen molar-refractivity contribution in [2.24, 2.45) is 5.92 Å². The Hall–Kier alpha value is -1.47. The number of nitrogens with one attached hydrogen (secondary N) is 2. The van der Waals surface area contributed by atoms with E-state index in [0.717, 1.165) is 5.56 Å². The van der Waals surface area contributed by atoms with Crippen molar-refractivity contribution in [2.45, 2.75) is 32.0 Å². The SMILES string of the molecule is C[C@H](Cc1ccc(Cl)cc1)NC(=O)NC[C@@H]1CCN(CC(F)(F)F)C1. The second kappa shape index (κ2) is 8.76. The minimum Gasteiger partial charge on any atom is -0.338 e. The van der Waals surface area contributed by atoms with E-state index in [1.807, 2.05) is 19.1 Å². The number of carbonyl (C=O) groups is 1. The molecule has 0 unspecified atom stereocenters. The molecule has 1 aliphatic heterocycles. The summed E-state index contributed by atoms with van der Waals surface area (Å²) in [6.45, 7) is 2.18. The van der Waals surface area contributed by atoms with Gasteiger partial charge in [0, 0.05) is 24.2 Å². The molecule has 0 bridgehead atoms. The largest absolute Gasteiger partial charge is 0.401 e. The van der Waals surface area contributed by atoms with Gasteiger partial charge in [0.15, 0.2) is 0 Å². The van der Waals surface area contributed by atoms with Crippen LogP contribution in [0.25, 0.3) is 0 Å². The van der Waals surface area contributed by atoms with Gasteiger partial charge in [-0.2, -0.15) is 13.2 Å². The molecule has 4 nitrogen and oxygen atoms in total. The highest BCUT2D eigenvalue weighted by atomic mass is 35.5. The lowest BCUT2D eigenvalue weighted by atomic mass is 10.1. The molecule has 2 rings (SSSR count). The van der Waals surface area contributed by atoms with Gasteiger partial charge in [-0.3, -0.25) is 4.90 Å². The Balaban J connectivity index is 1.66. The predicted molar refractivity (Wildman–Crippen MR) is 91.8 cm³/mol. The van der Waals surface area contributed by atoms with E-state index in [0.29, 0.717) is 37.5 Å². The van der Waals surface area contributed by atoms with E-state index in [4.69, 9.17) is 11.6 Å². The number of hydrogen-bond donors (Lipinski definition) is 2. The Kier molecular flexibility index (Phi) is 6.95. The second-order valence-corrected chi connectivity index (χ2v) is 7.03. The molecule has 1 aromatic rings. The van der Waals surface area contributed by atoms with E-state index in [1.54, 1.807) is 12.1 Å². The second-order valence-electron chi connectivity index (χ2n) is 6.59. The standard InChI is InChI=1S/C17H23ClF3N3O/c1-12(8-13-2-4-15(18)5-3-13)23-16(25)22-9-14-6-7-24(10-14)11-17(19,20)21/h2-5,12,14H,6-11H2,1H3,(H2,22,23,25)/t12-,14+/m1/s1. The third-order valence-corrected chi connectivity index (χ3v) is 4.41. The summed E-state index contributed by atoms with van der Waals surface area (Å²) in [5.41, 5.74) is 1.07. The van der Waals surface area contributed by atoms with Crippen molar-refractivity contribution >= 4 is 17.6 Å². The highest BCUT2D eigenvalue weighted by Crippen LogP contribution is 2.22. The quantitative estimate of drug-likeness (QED) is 0.797. The molecule has 0 aromatic heterocycles. The fourth-order valence-corrected chi connectivity index (χ4v) is 3.14.